The van der Waals surface area contributed by atoms with E-state index >= 15 is 0 Å². The number of rotatable bonds is 5. The number of amides is 1. The van der Waals surface area contributed by atoms with Crippen molar-refractivity contribution in [1.29, 1.82) is 0 Å². The van der Waals surface area contributed by atoms with Crippen LogP contribution in [-0.4, -0.2) is 68.3 Å². The van der Waals surface area contributed by atoms with Gasteiger partial charge in [0.1, 0.15) is 24.4 Å². The van der Waals surface area contributed by atoms with Crippen LogP contribution in [0.15, 0.2) is 12.2 Å². The minimum atomic E-state index is -5.00. The third-order valence-corrected chi connectivity index (χ3v) is 3.29. The van der Waals surface area contributed by atoms with Gasteiger partial charge in [0.2, 0.25) is 5.91 Å². The number of hydrogen-bond acceptors (Lipinski definition) is 7. The van der Waals surface area contributed by atoms with Gasteiger partial charge < -0.3 is 35.2 Å². The van der Waals surface area contributed by atoms with Gasteiger partial charge in [0, 0.05) is 5.57 Å². The number of aliphatic hydroxyl groups is 3. The fourth-order valence-corrected chi connectivity index (χ4v) is 2.19. The Labute approximate surface area is 120 Å². The number of nitrogens with one attached hydrogen (secondary N) is 1. The van der Waals surface area contributed by atoms with Crippen molar-refractivity contribution >= 4 is 13.7 Å². The number of carbonyl (C=O) groups is 1. The Hall–Kier alpha value is -0.840. The summed E-state index contributed by atoms with van der Waals surface area (Å²) >= 11 is 0. The van der Waals surface area contributed by atoms with Gasteiger partial charge >= 0.3 is 7.82 Å². The minimum Gasteiger partial charge on any atom is -0.394 e. The van der Waals surface area contributed by atoms with Gasteiger partial charge in [0.15, 0.2) is 6.29 Å². The van der Waals surface area contributed by atoms with Gasteiger partial charge in [0.05, 0.1) is 6.61 Å². The summed E-state index contributed by atoms with van der Waals surface area (Å²) in [4.78, 5) is 29.2. The lowest BCUT2D eigenvalue weighted by Gasteiger charge is -2.41. The Morgan fingerprint density at radius 1 is 1.38 bits per heavy atom. The standard InChI is InChI=1S/C10H18NO9P/c1-4(2)9(15)11-6-8(14)7(13)5(3-12)19-10(6)20-21(16,17)18/h5-8,10,12-14H,1,3H2,2H3,(H,11,15)(H2,16,17,18)/t5-,6-,7-,8-,10-/m1/s1. The molecule has 1 rings (SSSR count). The topological polar surface area (TPSA) is 166 Å². The summed E-state index contributed by atoms with van der Waals surface area (Å²) in [5.41, 5.74) is 0.0656. The molecule has 0 radical (unpaired) electrons. The molecule has 10 nitrogen and oxygen atoms in total. The molecule has 1 heterocycles. The molecule has 0 aromatic rings. The third-order valence-electron chi connectivity index (χ3n) is 2.81. The highest BCUT2D eigenvalue weighted by molar-refractivity contribution is 7.46. The molecule has 0 aromatic heterocycles. The molecule has 1 amide bonds. The molecule has 0 spiro atoms. The van der Waals surface area contributed by atoms with E-state index in [1.165, 1.54) is 6.92 Å². The summed E-state index contributed by atoms with van der Waals surface area (Å²) < 4.78 is 20.2. The Morgan fingerprint density at radius 2 is 1.95 bits per heavy atom. The molecule has 0 aromatic carbocycles. The second kappa shape index (κ2) is 6.95. The van der Waals surface area contributed by atoms with E-state index in [1.54, 1.807) is 0 Å². The van der Waals surface area contributed by atoms with E-state index in [9.17, 15) is 19.6 Å². The quantitative estimate of drug-likeness (QED) is 0.238. The number of hydrogen-bond donors (Lipinski definition) is 6. The van der Waals surface area contributed by atoms with Gasteiger partial charge in [-0.1, -0.05) is 6.58 Å². The summed E-state index contributed by atoms with van der Waals surface area (Å²) in [7, 11) is -5.00. The Kier molecular flexibility index (Phi) is 6.02. The van der Waals surface area contributed by atoms with Crippen LogP contribution in [0.2, 0.25) is 0 Å². The highest BCUT2D eigenvalue weighted by atomic mass is 31.2. The molecule has 6 N–H and O–H groups in total. The van der Waals surface area contributed by atoms with Gasteiger partial charge in [0.25, 0.3) is 0 Å². The average Bonchev–Trinajstić information content (AvgIpc) is 2.36. The molecule has 0 aliphatic carbocycles. The second-order valence-corrected chi connectivity index (χ2v) is 5.77. The lowest BCUT2D eigenvalue weighted by Crippen LogP contribution is -2.64. The van der Waals surface area contributed by atoms with Crippen LogP contribution < -0.4 is 5.32 Å². The first-order valence-corrected chi connectivity index (χ1v) is 7.42. The van der Waals surface area contributed by atoms with Crippen LogP contribution in [0, 0.1) is 0 Å². The van der Waals surface area contributed by atoms with Crippen molar-refractivity contribution in [2.45, 2.75) is 37.6 Å². The van der Waals surface area contributed by atoms with E-state index in [0.717, 1.165) is 0 Å². The van der Waals surface area contributed by atoms with Crippen molar-refractivity contribution in [2.24, 2.45) is 0 Å². The molecule has 11 heteroatoms. The predicted octanol–water partition coefficient (Wildman–Crippen LogP) is -2.40. The normalized spacial score (nSPS) is 33.5. The summed E-state index contributed by atoms with van der Waals surface area (Å²) in [5, 5.41) is 30.8. The smallest absolute Gasteiger partial charge is 0.394 e. The van der Waals surface area contributed by atoms with Gasteiger partial charge in [-0.3, -0.25) is 9.32 Å². The molecule has 0 saturated carbocycles. The van der Waals surface area contributed by atoms with Gasteiger partial charge in [-0.15, -0.1) is 0 Å². The summed E-state index contributed by atoms with van der Waals surface area (Å²) in [5.74, 6) is -0.725. The fourth-order valence-electron chi connectivity index (χ4n) is 1.74. The maximum absolute atomic E-state index is 11.6. The van der Waals surface area contributed by atoms with Crippen LogP contribution >= 0.6 is 7.82 Å². The van der Waals surface area contributed by atoms with Crippen LogP contribution in [-0.2, 0) is 18.6 Å². The second-order valence-electron chi connectivity index (χ2n) is 4.58. The van der Waals surface area contributed by atoms with Crippen LogP contribution in [0.4, 0.5) is 0 Å². The molecular formula is C10H18NO9P. The molecular weight excluding hydrogens is 309 g/mol. The monoisotopic (exact) mass is 327 g/mol. The first-order chi connectivity index (χ1) is 9.56. The van der Waals surface area contributed by atoms with Crippen molar-refractivity contribution in [3.05, 3.63) is 12.2 Å². The van der Waals surface area contributed by atoms with E-state index in [1.807, 2.05) is 0 Å². The fraction of sp³-hybridized carbons (Fsp3) is 0.700. The van der Waals surface area contributed by atoms with Gasteiger partial charge in [-0.05, 0) is 6.92 Å². The van der Waals surface area contributed by atoms with E-state index < -0.39 is 51.0 Å². The number of ether oxygens (including phenoxy) is 1. The average molecular weight is 327 g/mol. The highest BCUT2D eigenvalue weighted by Crippen LogP contribution is 2.40. The van der Waals surface area contributed by atoms with Gasteiger partial charge in [-0.25, -0.2) is 4.57 Å². The first kappa shape index (κ1) is 18.2. The Balaban J connectivity index is 2.98. The summed E-state index contributed by atoms with van der Waals surface area (Å²) in [6, 6.07) is -1.46. The zero-order chi connectivity index (χ0) is 16.4. The van der Waals surface area contributed by atoms with Crippen molar-refractivity contribution in [1.82, 2.24) is 5.32 Å². The van der Waals surface area contributed by atoms with Crippen molar-refractivity contribution in [2.75, 3.05) is 6.61 Å². The lowest BCUT2D eigenvalue weighted by atomic mass is 9.97. The molecule has 0 unspecified atom stereocenters. The molecule has 1 fully saturated rings. The summed E-state index contributed by atoms with van der Waals surface area (Å²) in [6.07, 6.45) is -6.34. The van der Waals surface area contributed by atoms with Crippen LogP contribution in [0.5, 0.6) is 0 Å². The van der Waals surface area contributed by atoms with Crippen LogP contribution in [0.3, 0.4) is 0 Å². The van der Waals surface area contributed by atoms with Crippen molar-refractivity contribution in [3.8, 4) is 0 Å². The SMILES string of the molecule is C=C(C)C(=O)N[C@H]1[C@@H](OP(=O)(O)O)O[C@H](CO)[C@@H](O)[C@@H]1O. The zero-order valence-corrected chi connectivity index (χ0v) is 12.0. The number of aliphatic hydroxyl groups excluding tert-OH is 3. The zero-order valence-electron chi connectivity index (χ0n) is 11.1. The largest absolute Gasteiger partial charge is 0.472 e. The van der Waals surface area contributed by atoms with Gasteiger partial charge in [-0.2, -0.15) is 0 Å². The molecule has 0 bridgehead atoms. The van der Waals surface area contributed by atoms with E-state index in [2.05, 4.69) is 16.4 Å². The Bertz CT molecular complexity index is 450. The third kappa shape index (κ3) is 4.83. The molecule has 1 aliphatic heterocycles. The highest BCUT2D eigenvalue weighted by Gasteiger charge is 2.47. The van der Waals surface area contributed by atoms with E-state index in [-0.39, 0.29) is 5.57 Å². The minimum absolute atomic E-state index is 0.0656. The Morgan fingerprint density at radius 3 is 2.38 bits per heavy atom. The molecule has 21 heavy (non-hydrogen) atoms. The van der Waals surface area contributed by atoms with E-state index in [4.69, 9.17) is 19.6 Å². The summed E-state index contributed by atoms with van der Waals surface area (Å²) in [6.45, 7) is 4.01. The van der Waals surface area contributed by atoms with E-state index in [0.29, 0.717) is 0 Å². The number of carbonyl (C=O) groups excluding carboxylic acids is 1. The molecule has 122 valence electrons. The maximum atomic E-state index is 11.6. The predicted molar refractivity (Wildman–Crippen MR) is 67.6 cm³/mol. The van der Waals surface area contributed by atoms with Crippen LogP contribution in [0.25, 0.3) is 0 Å². The van der Waals surface area contributed by atoms with Crippen LogP contribution in [0.1, 0.15) is 6.92 Å². The molecule has 5 atom stereocenters. The van der Waals surface area contributed by atoms with Crippen molar-refractivity contribution in [3.63, 3.8) is 0 Å². The number of phosphoric acid groups is 1. The molecule has 1 aliphatic rings. The lowest BCUT2D eigenvalue weighted by molar-refractivity contribution is -0.247. The molecule has 1 saturated heterocycles. The number of phosphoric ester groups is 1. The first-order valence-electron chi connectivity index (χ1n) is 5.89. The van der Waals surface area contributed by atoms with Crippen molar-refractivity contribution < 1.29 is 43.7 Å². The maximum Gasteiger partial charge on any atom is 0.472 e.